The maximum atomic E-state index is 12.6. The van der Waals surface area contributed by atoms with Crippen molar-refractivity contribution in [2.45, 2.75) is 24.8 Å². The minimum absolute atomic E-state index is 0.0498. The number of sulfonamides is 1. The van der Waals surface area contributed by atoms with Crippen molar-refractivity contribution in [2.75, 3.05) is 7.05 Å². The molecule has 1 aromatic heterocycles. The van der Waals surface area contributed by atoms with Crippen LogP contribution in [0.4, 0.5) is 0 Å². The van der Waals surface area contributed by atoms with Crippen molar-refractivity contribution in [1.82, 2.24) is 9.29 Å². The number of aromatic nitrogens is 1. The number of pyridine rings is 1. The largest absolute Gasteiger partial charge is 0.246 e. The SMILES string of the molecule is CCc1ccc(CN(C)S(=O)(=O)c2ccc(Cl)nc2Cl)cc1. The summed E-state index contributed by atoms with van der Waals surface area (Å²) in [5, 5.41) is 0.0300. The van der Waals surface area contributed by atoms with Crippen LogP contribution < -0.4 is 0 Å². The van der Waals surface area contributed by atoms with Crippen LogP contribution in [-0.2, 0) is 23.0 Å². The van der Waals surface area contributed by atoms with E-state index in [0.717, 1.165) is 12.0 Å². The number of hydrogen-bond acceptors (Lipinski definition) is 3. The highest BCUT2D eigenvalue weighted by Gasteiger charge is 2.24. The van der Waals surface area contributed by atoms with E-state index in [-0.39, 0.29) is 21.7 Å². The zero-order valence-corrected chi connectivity index (χ0v) is 14.6. The third-order valence-electron chi connectivity index (χ3n) is 3.31. The summed E-state index contributed by atoms with van der Waals surface area (Å²) in [7, 11) is -2.21. The molecule has 0 spiro atoms. The molecule has 7 heteroatoms. The molecule has 0 radical (unpaired) electrons. The topological polar surface area (TPSA) is 50.3 Å². The lowest BCUT2D eigenvalue weighted by atomic mass is 10.1. The van der Waals surface area contributed by atoms with Gasteiger partial charge in [0.25, 0.3) is 0 Å². The Morgan fingerprint density at radius 3 is 2.18 bits per heavy atom. The highest BCUT2D eigenvalue weighted by atomic mass is 35.5. The quantitative estimate of drug-likeness (QED) is 0.764. The average molecular weight is 359 g/mol. The molecule has 0 fully saturated rings. The molecule has 1 heterocycles. The van der Waals surface area contributed by atoms with E-state index in [0.29, 0.717) is 0 Å². The lowest BCUT2D eigenvalue weighted by molar-refractivity contribution is 0.466. The summed E-state index contributed by atoms with van der Waals surface area (Å²) in [5.41, 5.74) is 2.11. The Bertz CT molecular complexity index is 762. The molecule has 0 aliphatic rings. The number of rotatable bonds is 5. The fourth-order valence-electron chi connectivity index (χ4n) is 1.98. The summed E-state index contributed by atoms with van der Waals surface area (Å²) >= 11 is 11.6. The summed E-state index contributed by atoms with van der Waals surface area (Å²) in [4.78, 5) is 3.73. The van der Waals surface area contributed by atoms with Gasteiger partial charge < -0.3 is 0 Å². The van der Waals surface area contributed by atoms with Crippen molar-refractivity contribution < 1.29 is 8.42 Å². The van der Waals surface area contributed by atoms with Gasteiger partial charge in [0.15, 0.2) is 5.15 Å². The fourth-order valence-corrected chi connectivity index (χ4v) is 3.77. The average Bonchev–Trinajstić information content (AvgIpc) is 2.47. The van der Waals surface area contributed by atoms with E-state index in [2.05, 4.69) is 11.9 Å². The molecule has 0 saturated carbocycles. The lowest BCUT2D eigenvalue weighted by Crippen LogP contribution is -2.27. The molecule has 0 saturated heterocycles. The molecule has 0 amide bonds. The van der Waals surface area contributed by atoms with Crippen LogP contribution in [0.1, 0.15) is 18.1 Å². The highest BCUT2D eigenvalue weighted by molar-refractivity contribution is 7.89. The van der Waals surface area contributed by atoms with Gasteiger partial charge in [-0.1, -0.05) is 54.4 Å². The molecule has 22 heavy (non-hydrogen) atoms. The van der Waals surface area contributed by atoms with E-state index >= 15 is 0 Å². The maximum Gasteiger partial charge on any atom is 0.246 e. The summed E-state index contributed by atoms with van der Waals surface area (Å²) in [6.07, 6.45) is 0.945. The zero-order chi connectivity index (χ0) is 16.3. The first-order valence-electron chi connectivity index (χ1n) is 6.70. The summed E-state index contributed by atoms with van der Waals surface area (Å²) in [5.74, 6) is 0. The number of hydrogen-bond donors (Lipinski definition) is 0. The van der Waals surface area contributed by atoms with Crippen LogP contribution in [-0.4, -0.2) is 24.8 Å². The third kappa shape index (κ3) is 3.79. The van der Waals surface area contributed by atoms with Gasteiger partial charge in [-0.3, -0.25) is 0 Å². The molecule has 0 aliphatic carbocycles. The first-order valence-corrected chi connectivity index (χ1v) is 8.90. The Hall–Kier alpha value is -1.14. The van der Waals surface area contributed by atoms with Crippen molar-refractivity contribution in [3.05, 3.63) is 57.8 Å². The number of aryl methyl sites for hydroxylation is 1. The van der Waals surface area contributed by atoms with Crippen molar-refractivity contribution in [1.29, 1.82) is 0 Å². The second-order valence-corrected chi connectivity index (χ2v) is 7.61. The Morgan fingerprint density at radius 1 is 1.05 bits per heavy atom. The molecule has 118 valence electrons. The molecule has 0 bridgehead atoms. The van der Waals surface area contributed by atoms with Gasteiger partial charge in [-0.05, 0) is 29.7 Å². The van der Waals surface area contributed by atoms with E-state index in [1.807, 2.05) is 24.3 Å². The van der Waals surface area contributed by atoms with Crippen LogP contribution >= 0.6 is 23.2 Å². The van der Waals surface area contributed by atoms with E-state index in [1.165, 1.54) is 29.0 Å². The predicted octanol–water partition coefficient (Wildman–Crippen LogP) is 3.77. The van der Waals surface area contributed by atoms with E-state index < -0.39 is 10.0 Å². The summed E-state index contributed by atoms with van der Waals surface area (Å²) < 4.78 is 26.3. The minimum atomic E-state index is -3.72. The van der Waals surface area contributed by atoms with Crippen molar-refractivity contribution in [2.24, 2.45) is 0 Å². The molecular weight excluding hydrogens is 343 g/mol. The molecule has 1 aromatic carbocycles. The van der Waals surface area contributed by atoms with Gasteiger partial charge >= 0.3 is 0 Å². The zero-order valence-electron chi connectivity index (χ0n) is 12.3. The molecule has 0 atom stereocenters. The van der Waals surface area contributed by atoms with Crippen LogP contribution in [0.3, 0.4) is 0 Å². The Morgan fingerprint density at radius 2 is 1.64 bits per heavy atom. The molecule has 0 unspecified atom stereocenters. The first kappa shape index (κ1) is 17.2. The van der Waals surface area contributed by atoms with Gasteiger partial charge in [0.2, 0.25) is 10.0 Å². The fraction of sp³-hybridized carbons (Fsp3) is 0.267. The molecule has 0 N–H and O–H groups in total. The van der Waals surface area contributed by atoms with Crippen LogP contribution in [0.5, 0.6) is 0 Å². The maximum absolute atomic E-state index is 12.6. The van der Waals surface area contributed by atoms with Gasteiger partial charge in [0.05, 0.1) is 0 Å². The highest BCUT2D eigenvalue weighted by Crippen LogP contribution is 2.25. The van der Waals surface area contributed by atoms with Crippen LogP contribution in [0.25, 0.3) is 0 Å². The van der Waals surface area contributed by atoms with Gasteiger partial charge in [0.1, 0.15) is 10.0 Å². The normalized spacial score (nSPS) is 11.9. The molecule has 4 nitrogen and oxygen atoms in total. The predicted molar refractivity (Wildman–Crippen MR) is 88.7 cm³/mol. The third-order valence-corrected chi connectivity index (χ3v) is 5.75. The smallest absolute Gasteiger partial charge is 0.223 e. The second-order valence-electron chi connectivity index (χ2n) is 4.85. The Kier molecular flexibility index (Phi) is 5.45. The summed E-state index contributed by atoms with van der Waals surface area (Å²) in [6, 6.07) is 10.6. The standard InChI is InChI=1S/C15H16Cl2N2O2S/c1-3-11-4-6-12(7-5-11)10-19(2)22(20,21)13-8-9-14(16)18-15(13)17/h4-9H,3,10H2,1-2H3. The van der Waals surface area contributed by atoms with Crippen molar-refractivity contribution >= 4 is 33.2 Å². The minimum Gasteiger partial charge on any atom is -0.223 e. The van der Waals surface area contributed by atoms with Crippen LogP contribution in [0.15, 0.2) is 41.3 Å². The van der Waals surface area contributed by atoms with Crippen molar-refractivity contribution in [3.8, 4) is 0 Å². The number of benzene rings is 1. The molecule has 2 aromatic rings. The number of nitrogens with zero attached hydrogens (tertiary/aromatic N) is 2. The molecule has 2 rings (SSSR count). The molecule has 0 aliphatic heterocycles. The monoisotopic (exact) mass is 358 g/mol. The lowest BCUT2D eigenvalue weighted by Gasteiger charge is -2.18. The van der Waals surface area contributed by atoms with E-state index in [1.54, 1.807) is 0 Å². The van der Waals surface area contributed by atoms with E-state index in [9.17, 15) is 8.42 Å². The first-order chi connectivity index (χ1) is 10.3. The van der Waals surface area contributed by atoms with E-state index in [4.69, 9.17) is 23.2 Å². The van der Waals surface area contributed by atoms with Gasteiger partial charge in [-0.2, -0.15) is 4.31 Å². The van der Waals surface area contributed by atoms with Gasteiger partial charge in [-0.15, -0.1) is 0 Å². The Balaban J connectivity index is 2.24. The summed E-state index contributed by atoms with van der Waals surface area (Å²) in [6.45, 7) is 2.33. The molecular formula is C15H16Cl2N2O2S. The Labute approximate surface area is 140 Å². The van der Waals surface area contributed by atoms with Crippen LogP contribution in [0, 0.1) is 0 Å². The van der Waals surface area contributed by atoms with Gasteiger partial charge in [0, 0.05) is 13.6 Å². The second kappa shape index (κ2) is 6.96. The van der Waals surface area contributed by atoms with Crippen LogP contribution in [0.2, 0.25) is 10.3 Å². The van der Waals surface area contributed by atoms with Gasteiger partial charge in [-0.25, -0.2) is 13.4 Å². The number of halogens is 2. The van der Waals surface area contributed by atoms with Crippen molar-refractivity contribution in [3.63, 3.8) is 0 Å².